The number of hydrogen-bond acceptors (Lipinski definition) is 4. The Bertz CT molecular complexity index is 728. The van der Waals surface area contributed by atoms with Crippen LogP contribution in [0, 0.1) is 5.82 Å². The standard InChI is InChI=1S/C21H29ClFNO5/c1-21(2,3)29-20(27)24(14-6-8-15(28-4)9-7-14)12-16(19(25)26)13-5-10-17(22)18(23)11-13/h5,10-11,14-16H,6-9,12H2,1-4H3,(H,25,26)/t14?,15?,16-/m1/s1. The molecule has 0 radical (unpaired) electrons. The Balaban J connectivity index is 2.29. The van der Waals surface area contributed by atoms with E-state index in [4.69, 9.17) is 21.1 Å². The summed E-state index contributed by atoms with van der Waals surface area (Å²) in [5.41, 5.74) is -0.469. The molecule has 1 fully saturated rings. The van der Waals surface area contributed by atoms with Gasteiger partial charge in [0.25, 0.3) is 0 Å². The van der Waals surface area contributed by atoms with Crippen LogP contribution < -0.4 is 0 Å². The van der Waals surface area contributed by atoms with Crippen molar-refractivity contribution >= 4 is 23.7 Å². The number of benzene rings is 1. The van der Waals surface area contributed by atoms with Crippen molar-refractivity contribution in [2.24, 2.45) is 0 Å². The van der Waals surface area contributed by atoms with Crippen molar-refractivity contribution < 1.29 is 28.6 Å². The Hall–Kier alpha value is -1.86. The Labute approximate surface area is 175 Å². The van der Waals surface area contributed by atoms with Gasteiger partial charge in [0.1, 0.15) is 11.4 Å². The second kappa shape index (κ2) is 9.76. The van der Waals surface area contributed by atoms with Gasteiger partial charge in [-0.15, -0.1) is 0 Å². The number of amides is 1. The van der Waals surface area contributed by atoms with Gasteiger partial charge in [0.15, 0.2) is 0 Å². The Kier molecular flexibility index (Phi) is 7.88. The maximum Gasteiger partial charge on any atom is 0.410 e. The van der Waals surface area contributed by atoms with Crippen LogP contribution in [0.3, 0.4) is 0 Å². The molecule has 8 heteroatoms. The molecular formula is C21H29ClFNO5. The third-order valence-electron chi connectivity index (χ3n) is 5.07. The molecule has 0 bridgehead atoms. The van der Waals surface area contributed by atoms with Gasteiger partial charge in [-0.2, -0.15) is 0 Å². The zero-order valence-electron chi connectivity index (χ0n) is 17.3. The first-order chi connectivity index (χ1) is 13.5. The number of halogens is 2. The van der Waals surface area contributed by atoms with E-state index in [-0.39, 0.29) is 29.3 Å². The number of methoxy groups -OCH3 is 1. The fourth-order valence-electron chi connectivity index (χ4n) is 3.54. The minimum absolute atomic E-state index is 0.0835. The monoisotopic (exact) mass is 429 g/mol. The molecule has 1 aliphatic carbocycles. The SMILES string of the molecule is COC1CCC(N(C[C@@H](C(=O)O)c2ccc(Cl)c(F)c2)C(=O)OC(C)(C)C)CC1. The summed E-state index contributed by atoms with van der Waals surface area (Å²) in [5, 5.41) is 9.69. The van der Waals surface area contributed by atoms with Gasteiger partial charge in [-0.05, 0) is 64.2 Å². The number of hydrogen-bond donors (Lipinski definition) is 1. The molecule has 0 aliphatic heterocycles. The molecule has 1 amide bonds. The first kappa shape index (κ1) is 23.4. The van der Waals surface area contributed by atoms with E-state index in [2.05, 4.69) is 0 Å². The van der Waals surface area contributed by atoms with Gasteiger partial charge in [-0.25, -0.2) is 9.18 Å². The number of aliphatic carboxylic acids is 1. The molecule has 1 aromatic rings. The van der Waals surface area contributed by atoms with Crippen molar-refractivity contribution in [3.63, 3.8) is 0 Å². The van der Waals surface area contributed by atoms with Crippen LogP contribution in [0.15, 0.2) is 18.2 Å². The van der Waals surface area contributed by atoms with Crippen molar-refractivity contribution in [2.75, 3.05) is 13.7 Å². The van der Waals surface area contributed by atoms with Gasteiger partial charge in [0, 0.05) is 19.7 Å². The van der Waals surface area contributed by atoms with Gasteiger partial charge in [0.2, 0.25) is 0 Å². The lowest BCUT2D eigenvalue weighted by molar-refractivity contribution is -0.139. The summed E-state index contributed by atoms with van der Waals surface area (Å²) < 4.78 is 24.8. The van der Waals surface area contributed by atoms with E-state index in [0.717, 1.165) is 18.9 Å². The Morgan fingerprint density at radius 2 is 1.90 bits per heavy atom. The number of carbonyl (C=O) groups is 2. The number of carboxylic acid groups (broad SMARTS) is 1. The van der Waals surface area contributed by atoms with Crippen molar-refractivity contribution in [3.8, 4) is 0 Å². The van der Waals surface area contributed by atoms with Crippen LogP contribution in [0.5, 0.6) is 0 Å². The van der Waals surface area contributed by atoms with E-state index in [9.17, 15) is 19.1 Å². The minimum atomic E-state index is -1.15. The fourth-order valence-corrected chi connectivity index (χ4v) is 3.66. The summed E-state index contributed by atoms with van der Waals surface area (Å²) in [4.78, 5) is 26.3. The number of carboxylic acids is 1. The normalized spacial score (nSPS) is 20.8. The first-order valence-corrected chi connectivity index (χ1v) is 10.1. The zero-order chi connectivity index (χ0) is 21.8. The van der Waals surface area contributed by atoms with E-state index in [1.165, 1.54) is 17.0 Å². The van der Waals surface area contributed by atoms with Gasteiger partial charge in [0.05, 0.1) is 17.0 Å². The van der Waals surface area contributed by atoms with Gasteiger partial charge in [-0.1, -0.05) is 17.7 Å². The van der Waals surface area contributed by atoms with Gasteiger partial charge >= 0.3 is 12.1 Å². The van der Waals surface area contributed by atoms with Crippen LogP contribution in [-0.2, 0) is 14.3 Å². The van der Waals surface area contributed by atoms with Crippen LogP contribution in [-0.4, -0.2) is 53.5 Å². The predicted octanol–water partition coefficient (Wildman–Crippen LogP) is 4.84. The molecule has 1 aromatic carbocycles. The smallest absolute Gasteiger partial charge is 0.410 e. The van der Waals surface area contributed by atoms with Gasteiger partial charge in [-0.3, -0.25) is 4.79 Å². The Morgan fingerprint density at radius 1 is 1.28 bits per heavy atom. The average molecular weight is 430 g/mol. The second-order valence-electron chi connectivity index (χ2n) is 8.36. The largest absolute Gasteiger partial charge is 0.481 e. The lowest BCUT2D eigenvalue weighted by atomic mass is 9.90. The van der Waals surface area contributed by atoms with Crippen molar-refractivity contribution in [1.82, 2.24) is 4.90 Å². The summed E-state index contributed by atoms with van der Waals surface area (Å²) in [6.07, 6.45) is 2.46. The highest BCUT2D eigenvalue weighted by Gasteiger charge is 2.35. The first-order valence-electron chi connectivity index (χ1n) is 9.72. The maximum absolute atomic E-state index is 13.9. The predicted molar refractivity (Wildman–Crippen MR) is 108 cm³/mol. The van der Waals surface area contributed by atoms with Crippen LogP contribution in [0.1, 0.15) is 57.9 Å². The van der Waals surface area contributed by atoms with E-state index in [1.807, 2.05) is 0 Å². The molecule has 0 spiro atoms. The second-order valence-corrected chi connectivity index (χ2v) is 8.77. The van der Waals surface area contributed by atoms with Crippen LogP contribution in [0.4, 0.5) is 9.18 Å². The summed E-state index contributed by atoms with van der Waals surface area (Å²) in [5.74, 6) is -2.94. The number of carbonyl (C=O) groups excluding carboxylic acids is 1. The number of nitrogens with zero attached hydrogens (tertiary/aromatic N) is 1. The highest BCUT2D eigenvalue weighted by atomic mass is 35.5. The molecule has 162 valence electrons. The van der Waals surface area contributed by atoms with Crippen LogP contribution in [0.25, 0.3) is 0 Å². The van der Waals surface area contributed by atoms with E-state index in [0.29, 0.717) is 12.8 Å². The molecule has 0 unspecified atom stereocenters. The van der Waals surface area contributed by atoms with Crippen molar-refractivity contribution in [1.29, 1.82) is 0 Å². The van der Waals surface area contributed by atoms with Crippen LogP contribution in [0.2, 0.25) is 5.02 Å². The minimum Gasteiger partial charge on any atom is -0.481 e. The molecule has 1 aliphatic rings. The fraction of sp³-hybridized carbons (Fsp3) is 0.619. The van der Waals surface area contributed by atoms with Crippen molar-refractivity contribution in [2.45, 2.75) is 70.1 Å². The molecule has 29 heavy (non-hydrogen) atoms. The highest BCUT2D eigenvalue weighted by Crippen LogP contribution is 2.30. The molecule has 6 nitrogen and oxygen atoms in total. The third kappa shape index (κ3) is 6.57. The molecule has 0 saturated heterocycles. The zero-order valence-corrected chi connectivity index (χ0v) is 18.0. The topological polar surface area (TPSA) is 76.1 Å². The summed E-state index contributed by atoms with van der Waals surface area (Å²) >= 11 is 5.72. The van der Waals surface area contributed by atoms with Gasteiger partial charge < -0.3 is 19.5 Å². The highest BCUT2D eigenvalue weighted by molar-refractivity contribution is 6.30. The lowest BCUT2D eigenvalue weighted by Crippen LogP contribution is -2.48. The molecule has 1 N–H and O–H groups in total. The van der Waals surface area contributed by atoms with Crippen molar-refractivity contribution in [3.05, 3.63) is 34.6 Å². The summed E-state index contributed by atoms with van der Waals surface area (Å²) in [6.45, 7) is 5.16. The third-order valence-corrected chi connectivity index (χ3v) is 5.38. The molecule has 0 aromatic heterocycles. The number of rotatable bonds is 6. The molecular weight excluding hydrogens is 401 g/mol. The average Bonchev–Trinajstić information content (AvgIpc) is 2.63. The van der Waals surface area contributed by atoms with E-state index in [1.54, 1.807) is 27.9 Å². The van der Waals surface area contributed by atoms with E-state index < -0.39 is 29.4 Å². The molecule has 1 saturated carbocycles. The number of ether oxygens (including phenoxy) is 2. The molecule has 1 atom stereocenters. The quantitative estimate of drug-likeness (QED) is 0.700. The maximum atomic E-state index is 13.9. The summed E-state index contributed by atoms with van der Waals surface area (Å²) in [7, 11) is 1.66. The lowest BCUT2D eigenvalue weighted by Gasteiger charge is -2.38. The van der Waals surface area contributed by atoms with E-state index >= 15 is 0 Å². The molecule has 2 rings (SSSR count). The molecule has 0 heterocycles. The summed E-state index contributed by atoms with van der Waals surface area (Å²) in [6, 6.07) is 3.73. The Morgan fingerprint density at radius 3 is 2.38 bits per heavy atom. The van der Waals surface area contributed by atoms with Crippen LogP contribution >= 0.6 is 11.6 Å².